The number of aryl methyl sites for hydroxylation is 1. The Balaban J connectivity index is 1.87. The maximum absolute atomic E-state index is 12.8. The predicted molar refractivity (Wildman–Crippen MR) is 128 cm³/mol. The molecule has 0 aliphatic carbocycles. The highest BCUT2D eigenvalue weighted by Gasteiger charge is 2.27. The Labute approximate surface area is 203 Å². The number of carbonyl (C=O) groups excluding carboxylic acids is 4. The molecule has 0 spiro atoms. The lowest BCUT2D eigenvalue weighted by Gasteiger charge is -2.24. The molecule has 2 atom stereocenters. The van der Waals surface area contributed by atoms with Crippen LogP contribution < -0.4 is 21.7 Å². The first-order chi connectivity index (χ1) is 16.1. The Bertz CT molecular complexity index is 1020. The number of nitrogens with one attached hydrogen (secondary N) is 3. The van der Waals surface area contributed by atoms with Gasteiger partial charge in [0.2, 0.25) is 11.8 Å². The van der Waals surface area contributed by atoms with Crippen molar-refractivity contribution in [2.24, 2.45) is 11.7 Å². The van der Waals surface area contributed by atoms with Gasteiger partial charge in [-0.1, -0.05) is 25.4 Å². The van der Waals surface area contributed by atoms with Gasteiger partial charge in [-0.2, -0.15) is 0 Å². The van der Waals surface area contributed by atoms with Crippen molar-refractivity contribution in [3.63, 3.8) is 0 Å². The van der Waals surface area contributed by atoms with Crippen LogP contribution in [0.15, 0.2) is 18.6 Å². The minimum atomic E-state index is -0.781. The van der Waals surface area contributed by atoms with Crippen LogP contribution in [0.2, 0.25) is 5.15 Å². The van der Waals surface area contributed by atoms with E-state index >= 15 is 0 Å². The van der Waals surface area contributed by atoms with Gasteiger partial charge in [-0.05, 0) is 38.2 Å². The standard InChI is InChI=1S/C22H32ClN7O4/c1-13(2)18(21(33)28-16(14(3)31)6-4-9-25-22(24)34)29-17(32)7-5-10-30-11-8-15-19(23)26-12-27-20(15)30/h8,11-13,16,18H,4-7,9-10H2,1-3H3,(H,28,33)(H,29,32)(H3,24,25,34)/t16-,18-/m0/s1. The average Bonchev–Trinajstić information content (AvgIpc) is 3.18. The number of rotatable bonds is 13. The van der Waals surface area contributed by atoms with Gasteiger partial charge in [0.1, 0.15) is 23.2 Å². The number of fused-ring (bicyclic) bond motifs is 1. The van der Waals surface area contributed by atoms with Gasteiger partial charge < -0.3 is 26.3 Å². The number of nitrogens with two attached hydrogens (primary N) is 1. The predicted octanol–water partition coefficient (Wildman–Crippen LogP) is 1.53. The molecule has 2 aromatic rings. The van der Waals surface area contributed by atoms with E-state index in [2.05, 4.69) is 25.9 Å². The van der Waals surface area contributed by atoms with Crippen molar-refractivity contribution in [3.8, 4) is 0 Å². The molecule has 2 rings (SSSR count). The van der Waals surface area contributed by atoms with E-state index < -0.39 is 24.0 Å². The quantitative estimate of drug-likeness (QED) is 0.244. The normalized spacial score (nSPS) is 12.9. The monoisotopic (exact) mass is 493 g/mol. The van der Waals surface area contributed by atoms with E-state index in [0.29, 0.717) is 43.2 Å². The van der Waals surface area contributed by atoms with Crippen molar-refractivity contribution in [3.05, 3.63) is 23.7 Å². The topological polar surface area (TPSA) is 161 Å². The molecule has 0 saturated carbocycles. The Hall–Kier alpha value is -3.21. The lowest BCUT2D eigenvalue weighted by Crippen LogP contribution is -2.53. The van der Waals surface area contributed by atoms with Crippen LogP contribution >= 0.6 is 11.6 Å². The van der Waals surface area contributed by atoms with E-state index in [9.17, 15) is 19.2 Å². The van der Waals surface area contributed by atoms with Gasteiger partial charge >= 0.3 is 6.03 Å². The van der Waals surface area contributed by atoms with E-state index in [-0.39, 0.29) is 24.0 Å². The van der Waals surface area contributed by atoms with Gasteiger partial charge in [0.15, 0.2) is 5.78 Å². The van der Waals surface area contributed by atoms with E-state index in [1.165, 1.54) is 13.3 Å². The maximum Gasteiger partial charge on any atom is 0.312 e. The lowest BCUT2D eigenvalue weighted by molar-refractivity contribution is -0.132. The van der Waals surface area contributed by atoms with Crippen molar-refractivity contribution >= 4 is 46.3 Å². The zero-order chi connectivity index (χ0) is 25.3. The molecule has 11 nitrogen and oxygen atoms in total. The highest BCUT2D eigenvalue weighted by molar-refractivity contribution is 6.33. The maximum atomic E-state index is 12.8. The second-order valence-electron chi connectivity index (χ2n) is 8.41. The van der Waals surface area contributed by atoms with Crippen LogP contribution in [0, 0.1) is 5.92 Å². The lowest BCUT2D eigenvalue weighted by atomic mass is 10.0. The Morgan fingerprint density at radius 1 is 1.15 bits per heavy atom. The first-order valence-electron chi connectivity index (χ1n) is 11.2. The first-order valence-corrected chi connectivity index (χ1v) is 11.6. The number of carbonyl (C=O) groups is 4. The van der Waals surface area contributed by atoms with Crippen molar-refractivity contribution < 1.29 is 19.2 Å². The van der Waals surface area contributed by atoms with Crippen LogP contribution in [0.5, 0.6) is 0 Å². The van der Waals surface area contributed by atoms with E-state index in [1.807, 2.05) is 30.7 Å². The molecule has 0 fully saturated rings. The molecule has 2 heterocycles. The minimum Gasteiger partial charge on any atom is -0.352 e. The molecule has 0 aliphatic rings. The van der Waals surface area contributed by atoms with Crippen molar-refractivity contribution in [1.82, 2.24) is 30.5 Å². The summed E-state index contributed by atoms with van der Waals surface area (Å²) in [7, 11) is 0. The average molecular weight is 494 g/mol. The first kappa shape index (κ1) is 27.0. The fourth-order valence-electron chi connectivity index (χ4n) is 3.50. The fraction of sp³-hybridized carbons (Fsp3) is 0.545. The molecule has 0 aromatic carbocycles. The molecular formula is C22H32ClN7O4. The van der Waals surface area contributed by atoms with Gasteiger partial charge in [-0.25, -0.2) is 14.8 Å². The third kappa shape index (κ3) is 7.98. The Morgan fingerprint density at radius 3 is 2.53 bits per heavy atom. The number of hydrogen-bond acceptors (Lipinski definition) is 6. The van der Waals surface area contributed by atoms with E-state index in [4.69, 9.17) is 17.3 Å². The molecule has 5 N–H and O–H groups in total. The number of hydrogen-bond donors (Lipinski definition) is 4. The number of aromatic nitrogens is 3. The summed E-state index contributed by atoms with van der Waals surface area (Å²) in [6.07, 6.45) is 4.79. The highest BCUT2D eigenvalue weighted by Crippen LogP contribution is 2.20. The summed E-state index contributed by atoms with van der Waals surface area (Å²) in [6.45, 7) is 5.88. The highest BCUT2D eigenvalue weighted by atomic mass is 35.5. The van der Waals surface area contributed by atoms with Crippen molar-refractivity contribution in [1.29, 1.82) is 0 Å². The molecular weight excluding hydrogens is 462 g/mol. The van der Waals surface area contributed by atoms with Gasteiger partial charge in [0.25, 0.3) is 0 Å². The molecule has 12 heteroatoms. The zero-order valence-electron chi connectivity index (χ0n) is 19.6. The second kappa shape index (κ2) is 12.9. The van der Waals surface area contributed by atoms with Crippen LogP contribution in [0.4, 0.5) is 4.79 Å². The summed E-state index contributed by atoms with van der Waals surface area (Å²) < 4.78 is 1.90. The van der Waals surface area contributed by atoms with Crippen LogP contribution in [0.25, 0.3) is 11.0 Å². The Morgan fingerprint density at radius 2 is 1.88 bits per heavy atom. The van der Waals surface area contributed by atoms with E-state index in [1.54, 1.807) is 0 Å². The number of nitrogens with zero attached hydrogens (tertiary/aromatic N) is 3. The number of ketones is 1. The third-order valence-corrected chi connectivity index (χ3v) is 5.65. The molecule has 34 heavy (non-hydrogen) atoms. The van der Waals surface area contributed by atoms with E-state index in [0.717, 1.165) is 5.39 Å². The van der Waals surface area contributed by atoms with Crippen molar-refractivity contribution in [2.45, 2.75) is 65.1 Å². The summed E-state index contributed by atoms with van der Waals surface area (Å²) >= 11 is 6.07. The number of halogens is 1. The molecule has 186 valence electrons. The second-order valence-corrected chi connectivity index (χ2v) is 8.77. The number of primary amides is 1. The molecule has 0 aliphatic heterocycles. The molecule has 0 saturated heterocycles. The number of Topliss-reactive ketones (excluding diaryl/α,β-unsaturated/α-hetero) is 1. The SMILES string of the molecule is CC(=O)[C@H](CCCNC(N)=O)NC(=O)[C@@H](NC(=O)CCCn1ccc2c(Cl)ncnc21)C(C)C. The fourth-order valence-corrected chi connectivity index (χ4v) is 3.69. The zero-order valence-corrected chi connectivity index (χ0v) is 20.4. The minimum absolute atomic E-state index is 0.180. The molecule has 0 unspecified atom stereocenters. The van der Waals surface area contributed by atoms with Crippen LogP contribution in [0.3, 0.4) is 0 Å². The van der Waals surface area contributed by atoms with Crippen LogP contribution in [0.1, 0.15) is 46.5 Å². The third-order valence-electron chi connectivity index (χ3n) is 5.35. The summed E-state index contributed by atoms with van der Waals surface area (Å²) in [5.74, 6) is -1.07. The van der Waals surface area contributed by atoms with Gasteiger partial charge in [-0.3, -0.25) is 14.4 Å². The van der Waals surface area contributed by atoms with Gasteiger partial charge in [0, 0.05) is 25.7 Å². The molecule has 2 aromatic heterocycles. The number of urea groups is 1. The Kier molecular flexibility index (Phi) is 10.2. The molecule has 0 bridgehead atoms. The molecule has 0 radical (unpaired) electrons. The van der Waals surface area contributed by atoms with Crippen LogP contribution in [-0.2, 0) is 20.9 Å². The van der Waals surface area contributed by atoms with Crippen LogP contribution in [-0.4, -0.2) is 56.8 Å². The van der Waals surface area contributed by atoms with Crippen molar-refractivity contribution in [2.75, 3.05) is 6.54 Å². The largest absolute Gasteiger partial charge is 0.352 e. The smallest absolute Gasteiger partial charge is 0.312 e. The summed E-state index contributed by atoms with van der Waals surface area (Å²) in [5, 5.41) is 9.06. The summed E-state index contributed by atoms with van der Waals surface area (Å²) in [5.41, 5.74) is 5.72. The van der Waals surface area contributed by atoms with Gasteiger partial charge in [-0.15, -0.1) is 0 Å². The van der Waals surface area contributed by atoms with Gasteiger partial charge in [0.05, 0.1) is 11.4 Å². The summed E-state index contributed by atoms with van der Waals surface area (Å²) in [6, 6.07) is -0.312. The molecule has 4 amide bonds. The summed E-state index contributed by atoms with van der Waals surface area (Å²) in [4.78, 5) is 56.2. The number of amides is 4.